The molecule has 0 aliphatic carbocycles. The van der Waals surface area contributed by atoms with Crippen molar-refractivity contribution in [3.63, 3.8) is 0 Å². The molecule has 0 bridgehead atoms. The van der Waals surface area contributed by atoms with E-state index in [1.54, 1.807) is 10.7 Å². The van der Waals surface area contributed by atoms with Gasteiger partial charge in [-0.15, -0.1) is 0 Å². The van der Waals surface area contributed by atoms with E-state index in [1.165, 1.54) is 0 Å². The van der Waals surface area contributed by atoms with Crippen LogP contribution in [-0.4, -0.2) is 16.3 Å². The maximum atomic E-state index is 8.93. The minimum absolute atomic E-state index is 0.251. The lowest BCUT2D eigenvalue weighted by molar-refractivity contribution is 0.590. The van der Waals surface area contributed by atoms with E-state index in [2.05, 4.69) is 16.5 Å². The van der Waals surface area contributed by atoms with Crippen molar-refractivity contribution in [1.82, 2.24) is 15.1 Å². The molecule has 0 saturated heterocycles. The number of halogens is 2. The van der Waals surface area contributed by atoms with Crippen LogP contribution in [0.25, 0.3) is 11.3 Å². The molecule has 0 spiro atoms. The normalized spacial score (nSPS) is 13.8. The number of hydrogen-bond acceptors (Lipinski definition) is 3. The summed E-state index contributed by atoms with van der Waals surface area (Å²) in [5.41, 5.74) is 3.85. The number of nitrogens with zero attached hydrogens (tertiary/aromatic N) is 3. The first-order valence-corrected chi connectivity index (χ1v) is 7.08. The first kappa shape index (κ1) is 13.4. The summed E-state index contributed by atoms with van der Waals surface area (Å²) in [4.78, 5) is 0. The molecule has 0 amide bonds. The first-order chi connectivity index (χ1) is 9.72. The van der Waals surface area contributed by atoms with Crippen molar-refractivity contribution in [2.75, 3.05) is 6.54 Å². The Balaban J connectivity index is 2.19. The molecule has 0 saturated carbocycles. The van der Waals surface area contributed by atoms with Crippen LogP contribution >= 0.6 is 23.2 Å². The number of rotatable bonds is 2. The van der Waals surface area contributed by atoms with Gasteiger partial charge in [-0.25, -0.2) is 0 Å². The molecule has 3 rings (SSSR count). The van der Waals surface area contributed by atoms with Gasteiger partial charge in [-0.05, 0) is 6.07 Å². The molecule has 1 aliphatic heterocycles. The van der Waals surface area contributed by atoms with E-state index in [4.69, 9.17) is 28.5 Å². The molecule has 102 valence electrons. The van der Waals surface area contributed by atoms with Crippen LogP contribution in [0.2, 0.25) is 10.0 Å². The second-order valence-electron chi connectivity index (χ2n) is 4.62. The molecular weight excluding hydrogens is 295 g/mol. The van der Waals surface area contributed by atoms with Crippen LogP contribution < -0.4 is 5.32 Å². The summed E-state index contributed by atoms with van der Waals surface area (Å²) in [5.74, 6) is 0. The van der Waals surface area contributed by atoms with E-state index < -0.39 is 0 Å². The third-order valence-corrected chi connectivity index (χ3v) is 4.25. The number of aromatic nitrogens is 2. The molecule has 0 radical (unpaired) electrons. The minimum Gasteiger partial charge on any atom is -0.312 e. The van der Waals surface area contributed by atoms with Crippen molar-refractivity contribution in [3.8, 4) is 17.3 Å². The van der Waals surface area contributed by atoms with Gasteiger partial charge in [0.1, 0.15) is 6.54 Å². The van der Waals surface area contributed by atoms with Crippen LogP contribution in [0.1, 0.15) is 11.3 Å². The second-order valence-corrected chi connectivity index (χ2v) is 5.40. The van der Waals surface area contributed by atoms with Gasteiger partial charge >= 0.3 is 0 Å². The van der Waals surface area contributed by atoms with Gasteiger partial charge in [0.05, 0.1) is 21.8 Å². The van der Waals surface area contributed by atoms with Crippen LogP contribution in [0.3, 0.4) is 0 Å². The maximum Gasteiger partial charge on any atom is 0.128 e. The number of fused-ring (bicyclic) bond motifs is 1. The Kier molecular flexibility index (Phi) is 3.66. The second kappa shape index (κ2) is 5.45. The van der Waals surface area contributed by atoms with Crippen molar-refractivity contribution in [3.05, 3.63) is 39.5 Å². The Morgan fingerprint density at radius 2 is 2.25 bits per heavy atom. The Morgan fingerprint density at radius 3 is 3.05 bits per heavy atom. The lowest BCUT2D eigenvalue weighted by Crippen LogP contribution is -2.24. The summed E-state index contributed by atoms with van der Waals surface area (Å²) < 4.78 is 1.77. The molecular formula is C14H12Cl2N4. The highest BCUT2D eigenvalue weighted by Gasteiger charge is 2.23. The molecule has 0 atom stereocenters. The molecule has 4 nitrogen and oxygen atoms in total. The van der Waals surface area contributed by atoms with Gasteiger partial charge in [0, 0.05) is 36.3 Å². The highest BCUT2D eigenvalue weighted by molar-refractivity contribution is 6.43. The van der Waals surface area contributed by atoms with Gasteiger partial charge in [-0.3, -0.25) is 4.68 Å². The van der Waals surface area contributed by atoms with E-state index in [9.17, 15) is 0 Å². The average Bonchev–Trinajstić information content (AvgIpc) is 2.82. The highest BCUT2D eigenvalue weighted by atomic mass is 35.5. The highest BCUT2D eigenvalue weighted by Crippen LogP contribution is 2.36. The van der Waals surface area contributed by atoms with E-state index in [0.29, 0.717) is 10.0 Å². The summed E-state index contributed by atoms with van der Waals surface area (Å²) in [6.45, 7) is 1.88. The van der Waals surface area contributed by atoms with Gasteiger partial charge in [0.2, 0.25) is 0 Å². The Morgan fingerprint density at radius 1 is 1.40 bits per heavy atom. The van der Waals surface area contributed by atoms with Crippen molar-refractivity contribution in [1.29, 1.82) is 5.26 Å². The van der Waals surface area contributed by atoms with E-state index in [0.717, 1.165) is 42.0 Å². The Hall–Kier alpha value is -1.54. The number of hydrogen-bond donors (Lipinski definition) is 1. The van der Waals surface area contributed by atoms with Crippen LogP contribution in [0.15, 0.2) is 18.2 Å². The van der Waals surface area contributed by atoms with E-state index in [-0.39, 0.29) is 6.54 Å². The van der Waals surface area contributed by atoms with Gasteiger partial charge < -0.3 is 5.32 Å². The van der Waals surface area contributed by atoms with Crippen molar-refractivity contribution < 1.29 is 0 Å². The van der Waals surface area contributed by atoms with E-state index >= 15 is 0 Å². The van der Waals surface area contributed by atoms with Gasteiger partial charge in [0.25, 0.3) is 0 Å². The first-order valence-electron chi connectivity index (χ1n) is 6.33. The Labute approximate surface area is 126 Å². The molecule has 0 unspecified atom stereocenters. The summed E-state index contributed by atoms with van der Waals surface area (Å²) in [6, 6.07) is 7.66. The Bertz CT molecular complexity index is 700. The summed E-state index contributed by atoms with van der Waals surface area (Å²) in [7, 11) is 0. The van der Waals surface area contributed by atoms with Crippen molar-refractivity contribution in [2.45, 2.75) is 19.5 Å². The zero-order chi connectivity index (χ0) is 14.1. The lowest BCUT2D eigenvalue weighted by atomic mass is 10.0. The number of nitrogens with one attached hydrogen (secondary N) is 1. The molecule has 1 aliphatic rings. The van der Waals surface area contributed by atoms with Crippen LogP contribution in [-0.2, 0) is 19.5 Å². The maximum absolute atomic E-state index is 8.93. The molecule has 0 fully saturated rings. The SMILES string of the molecule is N#CCn1nc(-c2cccc(Cl)c2Cl)c2c1CCNC2. The third kappa shape index (κ3) is 2.18. The fraction of sp³-hybridized carbons (Fsp3) is 0.286. The molecule has 2 heterocycles. The fourth-order valence-corrected chi connectivity index (χ4v) is 2.91. The zero-order valence-corrected chi connectivity index (χ0v) is 12.2. The third-order valence-electron chi connectivity index (χ3n) is 3.43. The smallest absolute Gasteiger partial charge is 0.128 e. The lowest BCUT2D eigenvalue weighted by Gasteiger charge is -2.15. The summed E-state index contributed by atoms with van der Waals surface area (Å²) >= 11 is 12.4. The molecule has 20 heavy (non-hydrogen) atoms. The van der Waals surface area contributed by atoms with E-state index in [1.807, 2.05) is 12.1 Å². The van der Waals surface area contributed by atoms with Crippen molar-refractivity contribution >= 4 is 23.2 Å². The predicted molar refractivity (Wildman–Crippen MR) is 78.7 cm³/mol. The van der Waals surface area contributed by atoms with Crippen molar-refractivity contribution in [2.24, 2.45) is 0 Å². The molecule has 1 N–H and O–H groups in total. The fourth-order valence-electron chi connectivity index (χ4n) is 2.52. The molecule has 1 aromatic heterocycles. The summed E-state index contributed by atoms with van der Waals surface area (Å²) in [5, 5.41) is 17.8. The monoisotopic (exact) mass is 306 g/mol. The van der Waals surface area contributed by atoms with Gasteiger partial charge in [-0.1, -0.05) is 35.3 Å². The average molecular weight is 307 g/mol. The van der Waals surface area contributed by atoms with Crippen LogP contribution in [0, 0.1) is 11.3 Å². The zero-order valence-electron chi connectivity index (χ0n) is 10.7. The van der Waals surface area contributed by atoms with Crippen LogP contribution in [0.5, 0.6) is 0 Å². The van der Waals surface area contributed by atoms with Gasteiger partial charge in [-0.2, -0.15) is 10.4 Å². The topological polar surface area (TPSA) is 53.6 Å². The minimum atomic E-state index is 0.251. The van der Waals surface area contributed by atoms with Crippen LogP contribution in [0.4, 0.5) is 0 Å². The molecule has 6 heteroatoms. The quantitative estimate of drug-likeness (QED) is 0.928. The number of nitriles is 1. The number of benzene rings is 1. The predicted octanol–water partition coefficient (Wildman–Crippen LogP) is 3.03. The molecule has 2 aromatic rings. The standard InChI is InChI=1S/C14H12Cl2N4/c15-11-3-1-2-9(13(11)16)14-10-8-18-6-4-12(10)20(19-14)7-5-17/h1-3,18H,4,6-8H2. The molecule has 1 aromatic carbocycles. The van der Waals surface area contributed by atoms with Gasteiger partial charge in [0.15, 0.2) is 0 Å². The summed E-state index contributed by atoms with van der Waals surface area (Å²) in [6.07, 6.45) is 0.863. The largest absolute Gasteiger partial charge is 0.312 e.